The Morgan fingerprint density at radius 1 is 1.56 bits per heavy atom. The highest BCUT2D eigenvalue weighted by Gasteiger charge is 2.30. The van der Waals surface area contributed by atoms with Crippen molar-refractivity contribution in [1.82, 2.24) is 0 Å². The average molecular weight is 207 g/mol. The topological polar surface area (TPSA) is 0 Å². The van der Waals surface area contributed by atoms with Gasteiger partial charge in [-0.1, -0.05) is 0 Å². The van der Waals surface area contributed by atoms with E-state index in [9.17, 15) is 17.6 Å². The highest BCUT2D eigenvalue weighted by Crippen LogP contribution is 2.31. The molecular formula is C4H3BrF4. The minimum absolute atomic E-state index is 0.161. The van der Waals surface area contributed by atoms with Crippen molar-refractivity contribution < 1.29 is 17.6 Å². The van der Waals surface area contributed by atoms with Crippen LogP contribution in [0.5, 0.6) is 0 Å². The summed E-state index contributed by atoms with van der Waals surface area (Å²) in [5.41, 5.74) is 0. The summed E-state index contributed by atoms with van der Waals surface area (Å²) in [6, 6.07) is 0. The molecule has 0 fully saturated rings. The van der Waals surface area contributed by atoms with Crippen LogP contribution in [-0.2, 0) is 0 Å². The number of hydrogen-bond acceptors (Lipinski definition) is 0. The summed E-state index contributed by atoms with van der Waals surface area (Å²) in [6.45, 7) is -1.23. The molecule has 0 bridgehead atoms. The third-order valence-electron chi connectivity index (χ3n) is 0.527. The van der Waals surface area contributed by atoms with Gasteiger partial charge >= 0.3 is 4.83 Å². The maximum atomic E-state index is 11.7. The molecule has 0 nitrogen and oxygen atoms in total. The van der Waals surface area contributed by atoms with Gasteiger partial charge in [-0.3, -0.25) is 0 Å². The van der Waals surface area contributed by atoms with Gasteiger partial charge < -0.3 is 0 Å². The van der Waals surface area contributed by atoms with Crippen LogP contribution in [-0.4, -0.2) is 11.5 Å². The van der Waals surface area contributed by atoms with Crippen molar-refractivity contribution in [3.8, 4) is 0 Å². The monoisotopic (exact) mass is 206 g/mol. The number of hydrogen-bond donors (Lipinski definition) is 0. The molecule has 0 aromatic rings. The van der Waals surface area contributed by atoms with Crippen LogP contribution < -0.4 is 0 Å². The molecule has 0 aliphatic heterocycles. The van der Waals surface area contributed by atoms with Crippen LogP contribution in [0.1, 0.15) is 0 Å². The maximum absolute atomic E-state index is 11.7. The fraction of sp³-hybridized carbons (Fsp3) is 0.500. The molecule has 0 radical (unpaired) electrons. The predicted molar refractivity (Wildman–Crippen MR) is 29.0 cm³/mol. The van der Waals surface area contributed by atoms with Crippen molar-refractivity contribution in [2.75, 3.05) is 6.67 Å². The molecule has 9 heavy (non-hydrogen) atoms. The molecule has 0 aromatic heterocycles. The molecule has 0 amide bonds. The predicted octanol–water partition coefficient (Wildman–Crippen LogP) is 2.80. The van der Waals surface area contributed by atoms with Crippen molar-refractivity contribution in [2.45, 2.75) is 4.83 Å². The molecule has 0 unspecified atom stereocenters. The molecule has 0 aliphatic carbocycles. The van der Waals surface area contributed by atoms with E-state index in [4.69, 9.17) is 0 Å². The molecule has 0 rings (SSSR count). The lowest BCUT2D eigenvalue weighted by molar-refractivity contribution is 0.126. The zero-order valence-corrected chi connectivity index (χ0v) is 5.76. The van der Waals surface area contributed by atoms with E-state index in [1.807, 2.05) is 0 Å². The SMILES string of the molecule is FC/C=C(\F)C(F)(F)Br. The third-order valence-corrected chi connectivity index (χ3v) is 0.906. The molecule has 0 heterocycles. The minimum atomic E-state index is -3.72. The van der Waals surface area contributed by atoms with Gasteiger partial charge in [0.2, 0.25) is 0 Å². The van der Waals surface area contributed by atoms with E-state index < -0.39 is 17.3 Å². The molecule has 0 spiro atoms. The van der Waals surface area contributed by atoms with Gasteiger partial charge in [-0.2, -0.15) is 8.78 Å². The standard InChI is InChI=1S/C4H3BrF4/c5-4(8,9)3(7)1-2-6/h1H,2H2/b3-1-. The van der Waals surface area contributed by atoms with E-state index in [0.717, 1.165) is 0 Å². The summed E-state index contributed by atoms with van der Waals surface area (Å²) in [5.74, 6) is -1.80. The van der Waals surface area contributed by atoms with E-state index in [1.165, 1.54) is 0 Å². The summed E-state index contributed by atoms with van der Waals surface area (Å²) in [5, 5.41) is 0. The Morgan fingerprint density at radius 3 is 2.11 bits per heavy atom. The van der Waals surface area contributed by atoms with E-state index in [2.05, 4.69) is 0 Å². The Labute approximate surface area is 57.7 Å². The number of halogens is 5. The zero-order valence-electron chi connectivity index (χ0n) is 4.17. The van der Waals surface area contributed by atoms with Crippen LogP contribution in [0.3, 0.4) is 0 Å². The van der Waals surface area contributed by atoms with Gasteiger partial charge in [-0.15, -0.1) is 0 Å². The number of alkyl halides is 4. The summed E-state index contributed by atoms with van der Waals surface area (Å²) in [7, 11) is 0. The minimum Gasteiger partial charge on any atom is -0.246 e. The number of allylic oxidation sites excluding steroid dienone is 2. The Morgan fingerprint density at radius 2 is 2.00 bits per heavy atom. The third kappa shape index (κ3) is 3.51. The highest BCUT2D eigenvalue weighted by molar-refractivity contribution is 9.10. The molecule has 0 N–H and O–H groups in total. The lowest BCUT2D eigenvalue weighted by Crippen LogP contribution is -2.04. The van der Waals surface area contributed by atoms with E-state index >= 15 is 0 Å². The largest absolute Gasteiger partial charge is 0.351 e. The van der Waals surface area contributed by atoms with Crippen LogP contribution in [0.15, 0.2) is 11.9 Å². The van der Waals surface area contributed by atoms with Gasteiger partial charge in [0, 0.05) is 0 Å². The Balaban J connectivity index is 4.03. The van der Waals surface area contributed by atoms with Crippen molar-refractivity contribution in [3.05, 3.63) is 11.9 Å². The molecule has 0 aromatic carbocycles. The van der Waals surface area contributed by atoms with Crippen molar-refractivity contribution >= 4 is 15.9 Å². The second kappa shape index (κ2) is 3.20. The first kappa shape index (κ1) is 8.94. The molecular weight excluding hydrogens is 204 g/mol. The smallest absolute Gasteiger partial charge is 0.246 e. The van der Waals surface area contributed by atoms with Gasteiger partial charge in [0.15, 0.2) is 5.83 Å². The van der Waals surface area contributed by atoms with Crippen LogP contribution in [0.2, 0.25) is 0 Å². The fourth-order valence-corrected chi connectivity index (χ4v) is 0.345. The first-order chi connectivity index (χ1) is 3.98. The Kier molecular flexibility index (Phi) is 3.17. The van der Waals surface area contributed by atoms with E-state index in [1.54, 1.807) is 15.9 Å². The first-order valence-electron chi connectivity index (χ1n) is 1.97. The van der Waals surface area contributed by atoms with Crippen LogP contribution >= 0.6 is 15.9 Å². The van der Waals surface area contributed by atoms with Gasteiger partial charge in [0.05, 0.1) is 0 Å². The summed E-state index contributed by atoms with van der Waals surface area (Å²) < 4.78 is 46.1. The Bertz CT molecular complexity index is 114. The maximum Gasteiger partial charge on any atom is 0.351 e. The molecule has 0 atom stereocenters. The summed E-state index contributed by atoms with van der Waals surface area (Å²) >= 11 is 1.70. The van der Waals surface area contributed by atoms with E-state index in [-0.39, 0.29) is 6.08 Å². The van der Waals surface area contributed by atoms with Crippen LogP contribution in [0.25, 0.3) is 0 Å². The van der Waals surface area contributed by atoms with Crippen molar-refractivity contribution in [2.24, 2.45) is 0 Å². The molecule has 0 saturated carbocycles. The second-order valence-corrected chi connectivity index (χ2v) is 2.20. The van der Waals surface area contributed by atoms with E-state index in [0.29, 0.717) is 0 Å². The molecule has 5 heteroatoms. The lowest BCUT2D eigenvalue weighted by Gasteiger charge is -2.02. The van der Waals surface area contributed by atoms with Gasteiger partial charge in [0.25, 0.3) is 0 Å². The van der Waals surface area contributed by atoms with Crippen molar-refractivity contribution in [3.63, 3.8) is 0 Å². The molecule has 0 saturated heterocycles. The zero-order chi connectivity index (χ0) is 7.49. The normalized spacial score (nSPS) is 14.1. The van der Waals surface area contributed by atoms with Crippen LogP contribution in [0, 0.1) is 0 Å². The fourth-order valence-electron chi connectivity index (χ4n) is 0.183. The van der Waals surface area contributed by atoms with Crippen LogP contribution in [0.4, 0.5) is 17.6 Å². The quantitative estimate of drug-likeness (QED) is 0.482. The second-order valence-electron chi connectivity index (χ2n) is 1.20. The number of rotatable bonds is 2. The summed E-state index contributed by atoms with van der Waals surface area (Å²) in [6.07, 6.45) is 0.161. The average Bonchev–Trinajstić information content (AvgIpc) is 1.64. The highest BCUT2D eigenvalue weighted by atomic mass is 79.9. The first-order valence-corrected chi connectivity index (χ1v) is 2.76. The van der Waals surface area contributed by atoms with Crippen molar-refractivity contribution in [1.29, 1.82) is 0 Å². The molecule has 0 aliphatic rings. The lowest BCUT2D eigenvalue weighted by atomic mass is 10.5. The Hall–Kier alpha value is -0.0600. The van der Waals surface area contributed by atoms with Gasteiger partial charge in [-0.05, 0) is 22.0 Å². The summed E-state index contributed by atoms with van der Waals surface area (Å²) in [4.78, 5) is -3.72. The van der Waals surface area contributed by atoms with Gasteiger partial charge in [0.1, 0.15) is 6.67 Å². The van der Waals surface area contributed by atoms with Gasteiger partial charge in [-0.25, -0.2) is 8.78 Å². The molecule has 54 valence electrons.